The summed E-state index contributed by atoms with van der Waals surface area (Å²) in [5, 5.41) is 3.27. The van der Waals surface area contributed by atoms with Gasteiger partial charge in [-0.3, -0.25) is 13.9 Å². The molecule has 2 amide bonds. The van der Waals surface area contributed by atoms with Gasteiger partial charge in [-0.25, -0.2) is 12.8 Å². The van der Waals surface area contributed by atoms with Gasteiger partial charge in [-0.15, -0.1) is 0 Å². The standard InChI is InChI=1S/C24H30Cl2FN3O4S/c1-4-13-28-24(32)17(2)29(16-18-8-5-6-9-21(18)27)23(31)10-7-14-30(35(3,33)34)22-15-19(25)11-12-20(22)26/h5-6,8-9,11-12,15,17H,4,7,10,13-14,16H2,1-3H3,(H,28,32). The number of hydrogen-bond acceptors (Lipinski definition) is 4. The summed E-state index contributed by atoms with van der Waals surface area (Å²) < 4.78 is 40.2. The number of carbonyl (C=O) groups excluding carboxylic acids is 2. The number of nitrogens with zero attached hydrogens (tertiary/aromatic N) is 2. The average Bonchev–Trinajstić information content (AvgIpc) is 2.80. The first-order valence-corrected chi connectivity index (χ1v) is 13.8. The molecule has 1 atom stereocenters. The summed E-state index contributed by atoms with van der Waals surface area (Å²) in [6.07, 6.45) is 1.85. The number of benzene rings is 2. The second-order valence-electron chi connectivity index (χ2n) is 8.11. The van der Waals surface area contributed by atoms with Crippen molar-refractivity contribution in [1.29, 1.82) is 0 Å². The van der Waals surface area contributed by atoms with Gasteiger partial charge in [0.05, 0.1) is 17.0 Å². The molecule has 11 heteroatoms. The van der Waals surface area contributed by atoms with E-state index in [9.17, 15) is 22.4 Å². The molecule has 0 fully saturated rings. The van der Waals surface area contributed by atoms with Crippen LogP contribution in [0.3, 0.4) is 0 Å². The van der Waals surface area contributed by atoms with Crippen LogP contribution in [0, 0.1) is 5.82 Å². The monoisotopic (exact) mass is 545 g/mol. The van der Waals surface area contributed by atoms with Gasteiger partial charge >= 0.3 is 0 Å². The van der Waals surface area contributed by atoms with Crippen molar-refractivity contribution in [3.63, 3.8) is 0 Å². The van der Waals surface area contributed by atoms with E-state index in [2.05, 4.69) is 5.32 Å². The summed E-state index contributed by atoms with van der Waals surface area (Å²) in [6.45, 7) is 3.82. The molecule has 0 aliphatic rings. The van der Waals surface area contributed by atoms with Gasteiger partial charge in [-0.05, 0) is 44.0 Å². The molecule has 2 aromatic rings. The van der Waals surface area contributed by atoms with E-state index in [0.29, 0.717) is 11.6 Å². The Morgan fingerprint density at radius 1 is 1.14 bits per heavy atom. The van der Waals surface area contributed by atoms with Crippen molar-refractivity contribution in [2.24, 2.45) is 0 Å². The number of anilines is 1. The van der Waals surface area contributed by atoms with Crippen LogP contribution in [0.1, 0.15) is 38.7 Å². The molecular weight excluding hydrogens is 516 g/mol. The fourth-order valence-electron chi connectivity index (χ4n) is 3.45. The van der Waals surface area contributed by atoms with Crippen molar-refractivity contribution in [2.75, 3.05) is 23.7 Å². The molecule has 0 saturated heterocycles. The number of carbonyl (C=O) groups is 2. The minimum Gasteiger partial charge on any atom is -0.354 e. The predicted octanol–water partition coefficient (Wildman–Crippen LogP) is 4.62. The van der Waals surface area contributed by atoms with Crippen LogP contribution in [0.2, 0.25) is 10.0 Å². The highest BCUT2D eigenvalue weighted by Crippen LogP contribution is 2.31. The molecular formula is C24H30Cl2FN3O4S. The van der Waals surface area contributed by atoms with E-state index in [-0.39, 0.29) is 48.1 Å². The fraction of sp³-hybridized carbons (Fsp3) is 0.417. The molecule has 0 saturated carbocycles. The zero-order chi connectivity index (χ0) is 26.2. The molecule has 2 aromatic carbocycles. The van der Waals surface area contributed by atoms with Crippen LogP contribution in [0.5, 0.6) is 0 Å². The third kappa shape index (κ3) is 8.37. The quantitative estimate of drug-likeness (QED) is 0.421. The van der Waals surface area contributed by atoms with Gasteiger partial charge in [0, 0.05) is 36.6 Å². The summed E-state index contributed by atoms with van der Waals surface area (Å²) in [5.41, 5.74) is 0.490. The Bertz CT molecular complexity index is 1150. The number of rotatable bonds is 12. The van der Waals surface area contributed by atoms with Crippen LogP contribution in [-0.4, -0.2) is 50.5 Å². The Morgan fingerprint density at radius 3 is 2.46 bits per heavy atom. The van der Waals surface area contributed by atoms with E-state index >= 15 is 0 Å². The maximum Gasteiger partial charge on any atom is 0.242 e. The SMILES string of the molecule is CCCNC(=O)C(C)N(Cc1ccccc1F)C(=O)CCCN(c1cc(Cl)ccc1Cl)S(C)(=O)=O. The predicted molar refractivity (Wildman–Crippen MR) is 138 cm³/mol. The molecule has 0 aliphatic carbocycles. The van der Waals surface area contributed by atoms with Crippen LogP contribution < -0.4 is 9.62 Å². The summed E-state index contributed by atoms with van der Waals surface area (Å²) >= 11 is 12.2. The zero-order valence-corrected chi connectivity index (χ0v) is 22.3. The molecule has 35 heavy (non-hydrogen) atoms. The van der Waals surface area contributed by atoms with Crippen LogP contribution in [0.4, 0.5) is 10.1 Å². The van der Waals surface area contributed by atoms with E-state index in [4.69, 9.17) is 23.2 Å². The molecule has 1 unspecified atom stereocenters. The van der Waals surface area contributed by atoms with Crippen LogP contribution in [-0.2, 0) is 26.2 Å². The van der Waals surface area contributed by atoms with E-state index in [1.807, 2.05) is 6.92 Å². The van der Waals surface area contributed by atoms with Crippen LogP contribution in [0.25, 0.3) is 0 Å². The lowest BCUT2D eigenvalue weighted by atomic mass is 10.1. The maximum absolute atomic E-state index is 14.3. The zero-order valence-electron chi connectivity index (χ0n) is 19.9. The van der Waals surface area contributed by atoms with E-state index in [1.54, 1.807) is 31.2 Å². The molecule has 0 aliphatic heterocycles. The van der Waals surface area contributed by atoms with Crippen molar-refractivity contribution >= 4 is 50.7 Å². The van der Waals surface area contributed by atoms with Crippen molar-refractivity contribution in [3.05, 3.63) is 63.9 Å². The largest absolute Gasteiger partial charge is 0.354 e. The first kappa shape index (κ1) is 28.9. The average molecular weight is 546 g/mol. The number of sulfonamides is 1. The number of amides is 2. The summed E-state index contributed by atoms with van der Waals surface area (Å²) in [6, 6.07) is 9.68. The second kappa shape index (κ2) is 13.1. The van der Waals surface area contributed by atoms with Gasteiger partial charge in [0.1, 0.15) is 11.9 Å². The Morgan fingerprint density at radius 2 is 1.83 bits per heavy atom. The van der Waals surface area contributed by atoms with Gasteiger partial charge in [-0.1, -0.05) is 48.3 Å². The minimum absolute atomic E-state index is 0.0331. The molecule has 0 radical (unpaired) electrons. The Hall–Kier alpha value is -2.36. The van der Waals surface area contributed by atoms with Gasteiger partial charge < -0.3 is 10.2 Å². The van der Waals surface area contributed by atoms with Crippen LogP contribution >= 0.6 is 23.2 Å². The molecule has 1 N–H and O–H groups in total. The summed E-state index contributed by atoms with van der Waals surface area (Å²) in [4.78, 5) is 27.1. The van der Waals surface area contributed by atoms with E-state index in [1.165, 1.54) is 23.1 Å². The summed E-state index contributed by atoms with van der Waals surface area (Å²) in [5.74, 6) is -1.23. The first-order chi connectivity index (χ1) is 16.5. The lowest BCUT2D eigenvalue weighted by Gasteiger charge is -2.29. The highest BCUT2D eigenvalue weighted by atomic mass is 35.5. The van der Waals surface area contributed by atoms with Crippen molar-refractivity contribution in [1.82, 2.24) is 10.2 Å². The third-order valence-corrected chi connectivity index (χ3v) is 7.08. The lowest BCUT2D eigenvalue weighted by Crippen LogP contribution is -2.48. The normalized spacial score (nSPS) is 12.2. The molecule has 0 aromatic heterocycles. The highest BCUT2D eigenvalue weighted by molar-refractivity contribution is 7.92. The Labute approximate surface area is 216 Å². The van der Waals surface area contributed by atoms with Gasteiger partial charge in [0.25, 0.3) is 0 Å². The maximum atomic E-state index is 14.3. The van der Waals surface area contributed by atoms with Gasteiger partial charge in [0.2, 0.25) is 21.8 Å². The third-order valence-electron chi connectivity index (χ3n) is 5.34. The van der Waals surface area contributed by atoms with Crippen molar-refractivity contribution in [2.45, 2.75) is 45.7 Å². The Kier molecular flexibility index (Phi) is 10.8. The van der Waals surface area contributed by atoms with E-state index < -0.39 is 27.8 Å². The second-order valence-corrected chi connectivity index (χ2v) is 10.9. The number of halogens is 3. The van der Waals surface area contributed by atoms with Gasteiger partial charge in [0.15, 0.2) is 0 Å². The number of hydrogen-bond donors (Lipinski definition) is 1. The topological polar surface area (TPSA) is 86.8 Å². The Balaban J connectivity index is 2.20. The lowest BCUT2D eigenvalue weighted by molar-refractivity contribution is -0.140. The molecule has 192 valence electrons. The molecule has 0 heterocycles. The smallest absolute Gasteiger partial charge is 0.242 e. The molecule has 0 bridgehead atoms. The highest BCUT2D eigenvalue weighted by Gasteiger charge is 2.27. The summed E-state index contributed by atoms with van der Waals surface area (Å²) in [7, 11) is -3.72. The molecule has 7 nitrogen and oxygen atoms in total. The van der Waals surface area contributed by atoms with E-state index in [0.717, 1.165) is 17.0 Å². The number of nitrogens with one attached hydrogen (secondary N) is 1. The molecule has 2 rings (SSSR count). The van der Waals surface area contributed by atoms with Crippen molar-refractivity contribution in [3.8, 4) is 0 Å². The van der Waals surface area contributed by atoms with Crippen LogP contribution in [0.15, 0.2) is 42.5 Å². The molecule has 0 spiro atoms. The van der Waals surface area contributed by atoms with Crippen molar-refractivity contribution < 1.29 is 22.4 Å². The minimum atomic E-state index is -3.72. The first-order valence-electron chi connectivity index (χ1n) is 11.2. The van der Waals surface area contributed by atoms with Gasteiger partial charge in [-0.2, -0.15) is 0 Å². The fourth-order valence-corrected chi connectivity index (χ4v) is 4.85.